The molecule has 3 aromatic carbocycles. The fourth-order valence-corrected chi connectivity index (χ4v) is 5.79. The highest BCUT2D eigenvalue weighted by Gasteiger charge is 2.68. The number of β-lactam (4-membered cyclic amide) rings is 1. The Morgan fingerprint density at radius 1 is 0.976 bits per heavy atom. The van der Waals surface area contributed by atoms with Gasteiger partial charge >= 0.3 is 12.1 Å². The van der Waals surface area contributed by atoms with Crippen LogP contribution in [0.1, 0.15) is 36.6 Å². The van der Waals surface area contributed by atoms with Gasteiger partial charge in [-0.1, -0.05) is 103 Å². The van der Waals surface area contributed by atoms with E-state index in [9.17, 15) is 14.4 Å². The van der Waals surface area contributed by atoms with E-state index in [0.29, 0.717) is 0 Å². The Morgan fingerprint density at radius 2 is 1.60 bits per heavy atom. The summed E-state index contributed by atoms with van der Waals surface area (Å²) in [6.07, 6.45) is 2.50. The van der Waals surface area contributed by atoms with Crippen LogP contribution < -0.4 is 0 Å². The number of hydrogen-bond acceptors (Lipinski definition) is 7. The molecule has 216 valence electrons. The van der Waals surface area contributed by atoms with Crippen molar-refractivity contribution in [1.82, 2.24) is 9.80 Å². The van der Waals surface area contributed by atoms with Crippen molar-refractivity contribution < 1.29 is 33.3 Å². The van der Waals surface area contributed by atoms with Crippen LogP contribution in [-0.4, -0.2) is 58.7 Å². The normalized spacial score (nSPS) is 27.8. The lowest BCUT2D eigenvalue weighted by Crippen LogP contribution is -2.82. The zero-order valence-corrected chi connectivity index (χ0v) is 23.4. The zero-order chi connectivity index (χ0) is 29.3. The lowest BCUT2D eigenvalue weighted by atomic mass is 9.86. The molecule has 0 bridgehead atoms. The molecule has 42 heavy (non-hydrogen) atoms. The Kier molecular flexibility index (Phi) is 7.53. The third kappa shape index (κ3) is 4.95. The number of carbonyl (C=O) groups excluding carboxylic acids is 3. The highest BCUT2D eigenvalue weighted by molar-refractivity contribution is 5.95. The summed E-state index contributed by atoms with van der Waals surface area (Å²) in [4.78, 5) is 43.4. The lowest BCUT2D eigenvalue weighted by Gasteiger charge is -2.62. The van der Waals surface area contributed by atoms with Crippen molar-refractivity contribution in [2.75, 3.05) is 6.61 Å². The van der Waals surface area contributed by atoms with Gasteiger partial charge in [0.25, 0.3) is 11.8 Å². The molecule has 3 fully saturated rings. The summed E-state index contributed by atoms with van der Waals surface area (Å²) in [5.41, 5.74) is 2.60. The van der Waals surface area contributed by atoms with E-state index in [1.54, 1.807) is 13.8 Å². The lowest BCUT2D eigenvalue weighted by molar-refractivity contribution is -0.507. The largest absolute Gasteiger partial charge is 0.460 e. The van der Waals surface area contributed by atoms with E-state index in [2.05, 4.69) is 0 Å². The van der Waals surface area contributed by atoms with Crippen molar-refractivity contribution in [3.05, 3.63) is 114 Å². The van der Waals surface area contributed by atoms with E-state index in [-0.39, 0.29) is 13.2 Å². The molecule has 0 aliphatic carbocycles. The Hall–Kier alpha value is -4.47. The highest BCUT2D eigenvalue weighted by Crippen LogP contribution is 2.48. The molecule has 0 saturated carbocycles. The van der Waals surface area contributed by atoms with Gasteiger partial charge in [-0.25, -0.2) is 4.79 Å². The molecule has 2 amide bonds. The average Bonchev–Trinajstić information content (AvgIpc) is 3.38. The molecule has 0 radical (unpaired) electrons. The third-order valence-electron chi connectivity index (χ3n) is 7.92. The first-order valence-electron chi connectivity index (χ1n) is 14.0. The topological polar surface area (TPSA) is 94.6 Å². The van der Waals surface area contributed by atoms with Crippen LogP contribution in [-0.2, 0) is 35.1 Å². The first-order chi connectivity index (χ1) is 20.4. The molecule has 3 saturated heterocycles. The number of ether oxygens (including phenoxy) is 4. The van der Waals surface area contributed by atoms with Crippen LogP contribution in [0.3, 0.4) is 0 Å². The van der Waals surface area contributed by atoms with E-state index < -0.39 is 54.2 Å². The van der Waals surface area contributed by atoms with Crippen molar-refractivity contribution in [3.63, 3.8) is 0 Å². The quantitative estimate of drug-likeness (QED) is 0.268. The number of rotatable bonds is 9. The van der Waals surface area contributed by atoms with Crippen molar-refractivity contribution >= 4 is 24.0 Å². The second kappa shape index (κ2) is 11.4. The van der Waals surface area contributed by atoms with Crippen LogP contribution in [0.2, 0.25) is 0 Å². The first kappa shape index (κ1) is 27.7. The second-order valence-corrected chi connectivity index (χ2v) is 10.6. The molecule has 1 unspecified atom stereocenters. The number of carbonyl (C=O) groups is 3. The predicted octanol–water partition coefficient (Wildman–Crippen LogP) is 4.90. The van der Waals surface area contributed by atoms with Crippen LogP contribution in [0.15, 0.2) is 97.1 Å². The predicted molar refractivity (Wildman–Crippen MR) is 152 cm³/mol. The first-order valence-corrected chi connectivity index (χ1v) is 14.0. The number of hydrogen-bond donors (Lipinski definition) is 0. The van der Waals surface area contributed by atoms with E-state index in [4.69, 9.17) is 18.9 Å². The summed E-state index contributed by atoms with van der Waals surface area (Å²) in [7, 11) is 0. The van der Waals surface area contributed by atoms with E-state index in [0.717, 1.165) is 16.7 Å². The SMILES string of the molecule is CC1OC(C(C)C(=O)OCc2ccccc2)(N2C(=O)[C@@H](N3C(=O)OC[C@@H]3c3ccccc3)[C@H]2C=Cc2ccccc2)O1. The van der Waals surface area contributed by atoms with E-state index >= 15 is 0 Å². The summed E-state index contributed by atoms with van der Waals surface area (Å²) in [5.74, 6) is -3.66. The van der Waals surface area contributed by atoms with Gasteiger partial charge in [0.15, 0.2) is 6.29 Å². The second-order valence-electron chi connectivity index (χ2n) is 10.6. The molecule has 9 nitrogen and oxygen atoms in total. The maximum atomic E-state index is 14.1. The number of likely N-dealkylation sites (tertiary alicyclic amines) is 1. The molecule has 3 aliphatic rings. The van der Waals surface area contributed by atoms with Gasteiger partial charge in [0.1, 0.15) is 25.2 Å². The van der Waals surface area contributed by atoms with Gasteiger partial charge < -0.3 is 18.9 Å². The molecule has 0 N–H and O–H groups in total. The fraction of sp³-hybridized carbons (Fsp3) is 0.303. The number of cyclic esters (lactones) is 1. The van der Waals surface area contributed by atoms with Crippen LogP contribution in [0.5, 0.6) is 0 Å². The van der Waals surface area contributed by atoms with Gasteiger partial charge in [0, 0.05) is 0 Å². The van der Waals surface area contributed by atoms with Crippen LogP contribution in [0.4, 0.5) is 4.79 Å². The molecule has 6 rings (SSSR count). The van der Waals surface area contributed by atoms with Gasteiger partial charge in [-0.15, -0.1) is 0 Å². The summed E-state index contributed by atoms with van der Waals surface area (Å²) < 4.78 is 23.2. The van der Waals surface area contributed by atoms with Crippen LogP contribution in [0, 0.1) is 5.92 Å². The third-order valence-corrected chi connectivity index (χ3v) is 7.92. The van der Waals surface area contributed by atoms with Crippen molar-refractivity contribution in [3.8, 4) is 0 Å². The molecule has 3 aromatic rings. The molecular formula is C33H32N2O7. The number of nitrogens with zero attached hydrogens (tertiary/aromatic N) is 2. The Balaban J connectivity index is 1.31. The van der Waals surface area contributed by atoms with E-state index in [1.165, 1.54) is 9.80 Å². The minimum atomic E-state index is -1.70. The number of esters is 1. The summed E-state index contributed by atoms with van der Waals surface area (Å²) in [6, 6.07) is 26.4. The highest BCUT2D eigenvalue weighted by atomic mass is 16.9. The summed E-state index contributed by atoms with van der Waals surface area (Å²) in [5, 5.41) is 0. The minimum Gasteiger partial charge on any atom is -0.460 e. The van der Waals surface area contributed by atoms with Crippen LogP contribution >= 0.6 is 0 Å². The zero-order valence-electron chi connectivity index (χ0n) is 23.4. The Bertz CT molecular complexity index is 1460. The maximum absolute atomic E-state index is 14.1. The smallest absolute Gasteiger partial charge is 0.411 e. The maximum Gasteiger partial charge on any atom is 0.411 e. The standard InChI is InChI=1S/C33H32N2O7/c1-22(31(37)39-20-25-14-8-4-9-15-25)33(41-23(2)42-33)35-27(19-18-24-12-6-3-7-13-24)29(30(35)36)34-28(21-40-32(34)38)26-16-10-5-11-17-26/h3-19,22-23,27-29H,20-21H2,1-2H3/t22?,23?,27-,28-,29+,33?/m1/s1. The molecule has 3 aliphatic heterocycles. The summed E-state index contributed by atoms with van der Waals surface area (Å²) >= 11 is 0. The minimum absolute atomic E-state index is 0.0714. The van der Waals surface area contributed by atoms with Crippen molar-refractivity contribution in [2.24, 2.45) is 5.92 Å². The molecular weight excluding hydrogens is 536 g/mol. The molecule has 0 aromatic heterocycles. The summed E-state index contributed by atoms with van der Waals surface area (Å²) in [6.45, 7) is 3.51. The molecule has 0 spiro atoms. The Labute approximate surface area is 244 Å². The molecule has 4 atom stereocenters. The van der Waals surface area contributed by atoms with Gasteiger partial charge in [0.05, 0.1) is 12.1 Å². The average molecular weight is 569 g/mol. The van der Waals surface area contributed by atoms with Gasteiger partial charge in [0.2, 0.25) is 0 Å². The van der Waals surface area contributed by atoms with Crippen molar-refractivity contribution in [2.45, 2.75) is 50.8 Å². The number of benzene rings is 3. The fourth-order valence-electron chi connectivity index (χ4n) is 5.79. The van der Waals surface area contributed by atoms with E-state index in [1.807, 2.05) is 103 Å². The van der Waals surface area contributed by atoms with Gasteiger partial charge in [-0.3, -0.25) is 19.4 Å². The molecule has 3 heterocycles. The van der Waals surface area contributed by atoms with Gasteiger partial charge in [-0.2, -0.15) is 0 Å². The number of amides is 2. The van der Waals surface area contributed by atoms with Crippen LogP contribution in [0.25, 0.3) is 6.08 Å². The van der Waals surface area contributed by atoms with Gasteiger partial charge in [-0.05, 0) is 30.5 Å². The van der Waals surface area contributed by atoms with Crippen molar-refractivity contribution in [1.29, 1.82) is 0 Å². The monoisotopic (exact) mass is 568 g/mol. The Morgan fingerprint density at radius 3 is 2.24 bits per heavy atom. The molecule has 9 heteroatoms.